The zero-order chi connectivity index (χ0) is 10.8. The van der Waals surface area contributed by atoms with E-state index in [-0.39, 0.29) is 0 Å². The third-order valence-electron chi connectivity index (χ3n) is 1.96. The summed E-state index contributed by atoms with van der Waals surface area (Å²) in [6.45, 7) is 6.43. The molecule has 0 aromatic heterocycles. The minimum Gasteiger partial charge on any atom is -0.382 e. The van der Waals surface area contributed by atoms with Crippen molar-refractivity contribution in [3.05, 3.63) is 0 Å². The zero-order valence-corrected chi connectivity index (χ0v) is 11.0. The molecule has 3 nitrogen and oxygen atoms in total. The van der Waals surface area contributed by atoms with Crippen LogP contribution in [0.3, 0.4) is 0 Å². The maximum Gasteiger partial charge on any atom is 0.0700 e. The first-order valence-electron chi connectivity index (χ1n) is 5.06. The lowest BCUT2D eigenvalue weighted by molar-refractivity contribution is 0.0605. The van der Waals surface area contributed by atoms with Gasteiger partial charge in [0.05, 0.1) is 19.8 Å². The Morgan fingerprint density at radius 3 is 2.50 bits per heavy atom. The van der Waals surface area contributed by atoms with Gasteiger partial charge in [0.15, 0.2) is 0 Å². The van der Waals surface area contributed by atoms with Crippen molar-refractivity contribution < 1.29 is 9.47 Å². The Labute approximate surface area is 95.9 Å². The minimum atomic E-state index is 0.597. The van der Waals surface area contributed by atoms with Crippen LogP contribution in [0.4, 0.5) is 0 Å². The van der Waals surface area contributed by atoms with Gasteiger partial charge in [-0.15, -0.1) is 0 Å². The molecule has 14 heavy (non-hydrogen) atoms. The van der Waals surface area contributed by atoms with E-state index in [9.17, 15) is 0 Å². The van der Waals surface area contributed by atoms with Gasteiger partial charge < -0.3 is 14.4 Å². The van der Waals surface area contributed by atoms with Gasteiger partial charge in [-0.2, -0.15) is 0 Å². The van der Waals surface area contributed by atoms with Gasteiger partial charge >= 0.3 is 0 Å². The van der Waals surface area contributed by atoms with Crippen molar-refractivity contribution in [1.29, 1.82) is 0 Å². The van der Waals surface area contributed by atoms with Crippen LogP contribution in [-0.4, -0.2) is 56.8 Å². The predicted molar refractivity (Wildman–Crippen MR) is 63.2 cm³/mol. The molecule has 4 heteroatoms. The molecule has 0 aromatic rings. The topological polar surface area (TPSA) is 21.7 Å². The lowest BCUT2D eigenvalue weighted by Gasteiger charge is -2.17. The number of rotatable bonds is 9. The molecule has 0 bridgehead atoms. The van der Waals surface area contributed by atoms with E-state index in [1.54, 1.807) is 7.11 Å². The van der Waals surface area contributed by atoms with Gasteiger partial charge in [0, 0.05) is 18.5 Å². The Balaban J connectivity index is 3.14. The first kappa shape index (κ1) is 14.4. The predicted octanol–water partition coefficient (Wildman–Crippen LogP) is 1.75. The van der Waals surface area contributed by atoms with Crippen LogP contribution < -0.4 is 0 Å². The molecule has 0 fully saturated rings. The van der Waals surface area contributed by atoms with Crippen LogP contribution in [0.2, 0.25) is 0 Å². The Kier molecular flexibility index (Phi) is 10.2. The number of methoxy groups -OCH3 is 1. The number of hydrogen-bond donors (Lipinski definition) is 0. The van der Waals surface area contributed by atoms with Gasteiger partial charge in [0.25, 0.3) is 0 Å². The van der Waals surface area contributed by atoms with Gasteiger partial charge in [0.1, 0.15) is 0 Å². The van der Waals surface area contributed by atoms with Crippen molar-refractivity contribution in [1.82, 2.24) is 4.90 Å². The first-order valence-corrected chi connectivity index (χ1v) is 5.97. The number of nitrogens with zero attached hydrogens (tertiary/aromatic N) is 1. The highest BCUT2D eigenvalue weighted by Crippen LogP contribution is 2.03. The first-order chi connectivity index (χ1) is 6.66. The van der Waals surface area contributed by atoms with Crippen molar-refractivity contribution in [2.24, 2.45) is 0 Å². The highest BCUT2D eigenvalue weighted by atomic mass is 79.9. The Bertz CT molecular complexity index is 123. The van der Waals surface area contributed by atoms with E-state index in [2.05, 4.69) is 34.8 Å². The van der Waals surface area contributed by atoms with Crippen molar-refractivity contribution in [3.63, 3.8) is 0 Å². The van der Waals surface area contributed by atoms with Crippen molar-refractivity contribution in [3.8, 4) is 0 Å². The molecule has 0 amide bonds. The SMILES string of the molecule is COCCOCCN(C)CCC(C)Br. The second-order valence-electron chi connectivity index (χ2n) is 3.48. The maximum absolute atomic E-state index is 5.37. The quantitative estimate of drug-likeness (QED) is 0.470. The van der Waals surface area contributed by atoms with E-state index in [4.69, 9.17) is 9.47 Å². The van der Waals surface area contributed by atoms with Gasteiger partial charge in [0.2, 0.25) is 0 Å². The van der Waals surface area contributed by atoms with E-state index >= 15 is 0 Å². The van der Waals surface area contributed by atoms with Gasteiger partial charge in [-0.1, -0.05) is 22.9 Å². The molecule has 0 aliphatic carbocycles. The second-order valence-corrected chi connectivity index (χ2v) is 5.04. The van der Waals surface area contributed by atoms with E-state index in [1.807, 2.05) is 0 Å². The highest BCUT2D eigenvalue weighted by molar-refractivity contribution is 9.09. The smallest absolute Gasteiger partial charge is 0.0700 e. The zero-order valence-electron chi connectivity index (χ0n) is 9.46. The van der Waals surface area contributed by atoms with Crippen molar-refractivity contribution >= 4 is 15.9 Å². The third kappa shape index (κ3) is 10.4. The summed E-state index contributed by atoms with van der Waals surface area (Å²) in [5, 5.41) is 0. The van der Waals surface area contributed by atoms with Crippen LogP contribution in [0.15, 0.2) is 0 Å². The molecule has 0 saturated heterocycles. The van der Waals surface area contributed by atoms with E-state index < -0.39 is 0 Å². The summed E-state index contributed by atoms with van der Waals surface area (Å²) >= 11 is 3.53. The normalized spacial score (nSPS) is 13.5. The maximum atomic E-state index is 5.37. The largest absolute Gasteiger partial charge is 0.382 e. The summed E-state index contributed by atoms with van der Waals surface area (Å²) in [5.41, 5.74) is 0. The minimum absolute atomic E-state index is 0.597. The van der Waals surface area contributed by atoms with Crippen LogP contribution >= 0.6 is 15.9 Å². The van der Waals surface area contributed by atoms with Crippen molar-refractivity contribution in [2.45, 2.75) is 18.2 Å². The third-order valence-corrected chi connectivity index (χ3v) is 2.42. The molecule has 0 aliphatic heterocycles. The number of alkyl halides is 1. The van der Waals surface area contributed by atoms with Crippen LogP contribution in [0, 0.1) is 0 Å². The Morgan fingerprint density at radius 2 is 1.93 bits per heavy atom. The molecule has 0 rings (SSSR count). The average molecular weight is 268 g/mol. The lowest BCUT2D eigenvalue weighted by Crippen LogP contribution is -2.26. The summed E-state index contributed by atoms with van der Waals surface area (Å²) in [4.78, 5) is 2.88. The van der Waals surface area contributed by atoms with Crippen LogP contribution in [0.25, 0.3) is 0 Å². The van der Waals surface area contributed by atoms with E-state index in [0.717, 1.165) is 19.7 Å². The monoisotopic (exact) mass is 267 g/mol. The van der Waals surface area contributed by atoms with Crippen LogP contribution in [0.1, 0.15) is 13.3 Å². The standard InChI is InChI=1S/C10H22BrNO2/c1-10(11)4-5-12(2)6-7-14-9-8-13-3/h10H,4-9H2,1-3H3. The Hall–Kier alpha value is 0.360. The summed E-state index contributed by atoms with van der Waals surface area (Å²) in [5.74, 6) is 0. The molecule has 0 spiro atoms. The fourth-order valence-electron chi connectivity index (χ4n) is 0.975. The summed E-state index contributed by atoms with van der Waals surface area (Å²) in [6, 6.07) is 0. The molecule has 1 unspecified atom stereocenters. The van der Waals surface area contributed by atoms with Crippen LogP contribution in [0.5, 0.6) is 0 Å². The molecule has 0 saturated carbocycles. The molecular formula is C10H22BrNO2. The highest BCUT2D eigenvalue weighted by Gasteiger charge is 2.00. The number of likely N-dealkylation sites (N-methyl/N-ethyl adjacent to an activating group) is 1. The fourth-order valence-corrected chi connectivity index (χ4v) is 1.18. The van der Waals surface area contributed by atoms with E-state index in [0.29, 0.717) is 18.0 Å². The molecule has 0 radical (unpaired) electrons. The summed E-state index contributed by atoms with van der Waals surface area (Å²) < 4.78 is 10.3. The fraction of sp³-hybridized carbons (Fsp3) is 1.00. The summed E-state index contributed by atoms with van der Waals surface area (Å²) in [6.07, 6.45) is 1.18. The number of ether oxygens (including phenoxy) is 2. The molecule has 0 N–H and O–H groups in total. The van der Waals surface area contributed by atoms with Crippen LogP contribution in [-0.2, 0) is 9.47 Å². The van der Waals surface area contributed by atoms with E-state index in [1.165, 1.54) is 6.42 Å². The van der Waals surface area contributed by atoms with Gasteiger partial charge in [-0.3, -0.25) is 0 Å². The molecule has 86 valence electrons. The average Bonchev–Trinajstić information content (AvgIpc) is 2.14. The molecule has 1 atom stereocenters. The second kappa shape index (κ2) is 9.90. The number of halogens is 1. The molecule has 0 heterocycles. The number of hydrogen-bond acceptors (Lipinski definition) is 3. The lowest BCUT2D eigenvalue weighted by atomic mass is 10.3. The molecule has 0 aromatic carbocycles. The van der Waals surface area contributed by atoms with Gasteiger partial charge in [-0.25, -0.2) is 0 Å². The molecular weight excluding hydrogens is 246 g/mol. The van der Waals surface area contributed by atoms with Gasteiger partial charge in [-0.05, 0) is 20.0 Å². The van der Waals surface area contributed by atoms with Crippen molar-refractivity contribution in [2.75, 3.05) is 47.1 Å². The summed E-state index contributed by atoms with van der Waals surface area (Å²) in [7, 11) is 3.81. The molecule has 0 aliphatic rings. The Morgan fingerprint density at radius 1 is 1.21 bits per heavy atom.